The molecule has 136 valence electrons. The Kier molecular flexibility index (Phi) is 3.71. The highest BCUT2D eigenvalue weighted by Gasteiger charge is 2.55. The fourth-order valence-corrected chi connectivity index (χ4v) is 4.86. The van der Waals surface area contributed by atoms with Crippen molar-refractivity contribution in [2.75, 3.05) is 0 Å². The van der Waals surface area contributed by atoms with Gasteiger partial charge in [0, 0.05) is 22.6 Å². The van der Waals surface area contributed by atoms with Crippen LogP contribution in [0, 0.1) is 22.7 Å². The summed E-state index contributed by atoms with van der Waals surface area (Å²) in [7, 11) is 0. The average Bonchev–Trinajstić information content (AvgIpc) is 3.10. The van der Waals surface area contributed by atoms with Gasteiger partial charge in [0.15, 0.2) is 5.78 Å². The smallest absolute Gasteiger partial charge is 0.278 e. The molecule has 1 aromatic heterocycles. The van der Waals surface area contributed by atoms with Gasteiger partial charge in [-0.15, -0.1) is 0 Å². The van der Waals surface area contributed by atoms with Crippen LogP contribution in [0.1, 0.15) is 48.8 Å². The Bertz CT molecular complexity index is 1020. The molecule has 0 amide bonds. The van der Waals surface area contributed by atoms with Crippen molar-refractivity contribution in [3.63, 3.8) is 0 Å². The van der Waals surface area contributed by atoms with E-state index in [1.807, 2.05) is 39.0 Å². The van der Waals surface area contributed by atoms with Crippen molar-refractivity contribution in [3.8, 4) is 6.07 Å². The number of benzene rings is 1. The molecule has 0 saturated carbocycles. The molecule has 0 bridgehead atoms. The molecule has 5 nitrogen and oxygen atoms in total. The number of allylic oxidation sites excluding steroid dienone is 2. The molecule has 1 heterocycles. The van der Waals surface area contributed by atoms with Crippen molar-refractivity contribution >= 4 is 11.7 Å². The normalized spacial score (nSPS) is 25.8. The van der Waals surface area contributed by atoms with E-state index in [2.05, 4.69) is 11.2 Å². The number of carbonyl (C=O) groups excluding carboxylic acids is 2. The highest BCUT2D eigenvalue weighted by Crippen LogP contribution is 2.54. The number of nitriles is 1. The van der Waals surface area contributed by atoms with E-state index in [1.54, 1.807) is 24.4 Å². The lowest BCUT2D eigenvalue weighted by Gasteiger charge is -2.49. The van der Waals surface area contributed by atoms with Crippen LogP contribution in [0.15, 0.2) is 48.2 Å². The van der Waals surface area contributed by atoms with Crippen LogP contribution >= 0.6 is 0 Å². The Morgan fingerprint density at radius 3 is 2.63 bits per heavy atom. The molecule has 0 aliphatic heterocycles. The zero-order chi connectivity index (χ0) is 19.4. The van der Waals surface area contributed by atoms with Gasteiger partial charge in [-0.1, -0.05) is 45.0 Å². The molecule has 0 spiro atoms. The first-order chi connectivity index (χ1) is 12.8. The van der Waals surface area contributed by atoms with Crippen LogP contribution in [0.3, 0.4) is 0 Å². The van der Waals surface area contributed by atoms with Crippen molar-refractivity contribution in [3.05, 3.63) is 65.0 Å². The Balaban J connectivity index is 1.84. The van der Waals surface area contributed by atoms with E-state index in [0.717, 1.165) is 24.1 Å². The van der Waals surface area contributed by atoms with Gasteiger partial charge in [0.25, 0.3) is 5.91 Å². The molecule has 2 atom stereocenters. The second kappa shape index (κ2) is 5.75. The number of carbonyl (C=O) groups is 2. The first-order valence-corrected chi connectivity index (χ1v) is 9.15. The summed E-state index contributed by atoms with van der Waals surface area (Å²) in [6.45, 7) is 5.87. The second-order valence-corrected chi connectivity index (χ2v) is 8.21. The van der Waals surface area contributed by atoms with Gasteiger partial charge in [0.05, 0.1) is 11.3 Å². The van der Waals surface area contributed by atoms with Gasteiger partial charge in [0.2, 0.25) is 0 Å². The maximum absolute atomic E-state index is 12.8. The minimum Gasteiger partial charge on any atom is -0.293 e. The molecule has 0 radical (unpaired) electrons. The molecule has 2 aromatic rings. The average molecular weight is 359 g/mol. The van der Waals surface area contributed by atoms with E-state index in [4.69, 9.17) is 0 Å². The fourth-order valence-electron chi connectivity index (χ4n) is 4.86. The maximum atomic E-state index is 12.8. The Morgan fingerprint density at radius 2 is 1.96 bits per heavy atom. The molecule has 0 fully saturated rings. The fraction of sp³-hybridized carbons (Fsp3) is 0.364. The first-order valence-electron chi connectivity index (χ1n) is 9.15. The first kappa shape index (κ1) is 17.4. The number of hydrogen-bond donors (Lipinski definition) is 0. The van der Waals surface area contributed by atoms with E-state index in [0.29, 0.717) is 5.56 Å². The summed E-state index contributed by atoms with van der Waals surface area (Å²) in [5.74, 6) is -0.242. The standard InChI is InChI=1S/C22H21N3O2/c1-21(2)17-10-9-15-13-25(20(27)14-7-5-4-6-8-14)24-18(15)22(17,3)11-16(12-23)19(21)26/h4-8,11,13,17H,9-10H2,1-3H3/t17?,22-/m0/s1. The maximum Gasteiger partial charge on any atom is 0.278 e. The molecule has 2 aliphatic carbocycles. The van der Waals surface area contributed by atoms with Crippen LogP contribution < -0.4 is 0 Å². The third-order valence-electron chi connectivity index (χ3n) is 6.22. The quantitative estimate of drug-likeness (QED) is 0.781. The van der Waals surface area contributed by atoms with Crippen LogP contribution in [0.25, 0.3) is 0 Å². The van der Waals surface area contributed by atoms with Crippen LogP contribution in [-0.4, -0.2) is 21.5 Å². The number of ketones is 1. The lowest BCUT2D eigenvalue weighted by Crippen LogP contribution is -2.51. The van der Waals surface area contributed by atoms with Crippen LogP contribution in [-0.2, 0) is 16.6 Å². The largest absolute Gasteiger partial charge is 0.293 e. The van der Waals surface area contributed by atoms with Gasteiger partial charge in [-0.3, -0.25) is 9.59 Å². The Hall–Kier alpha value is -3.00. The summed E-state index contributed by atoms with van der Waals surface area (Å²) in [4.78, 5) is 25.5. The van der Waals surface area contributed by atoms with E-state index >= 15 is 0 Å². The second-order valence-electron chi connectivity index (χ2n) is 8.21. The third-order valence-corrected chi connectivity index (χ3v) is 6.22. The summed E-state index contributed by atoms with van der Waals surface area (Å²) >= 11 is 0. The van der Waals surface area contributed by atoms with Gasteiger partial charge >= 0.3 is 0 Å². The lowest BCUT2D eigenvalue weighted by atomic mass is 9.52. The van der Waals surface area contributed by atoms with Crippen molar-refractivity contribution in [1.29, 1.82) is 5.26 Å². The van der Waals surface area contributed by atoms with Crippen molar-refractivity contribution in [2.24, 2.45) is 11.3 Å². The number of rotatable bonds is 1. The minimum absolute atomic E-state index is 0.0391. The topological polar surface area (TPSA) is 75.8 Å². The molecule has 1 unspecified atom stereocenters. The summed E-state index contributed by atoms with van der Waals surface area (Å²) in [5, 5.41) is 14.1. The van der Waals surface area contributed by atoms with Crippen molar-refractivity contribution < 1.29 is 9.59 Å². The highest BCUT2D eigenvalue weighted by molar-refractivity contribution is 6.04. The minimum atomic E-state index is -0.639. The summed E-state index contributed by atoms with van der Waals surface area (Å²) in [6.07, 6.45) is 5.16. The third kappa shape index (κ3) is 2.40. The number of aromatic nitrogens is 2. The van der Waals surface area contributed by atoms with Gasteiger partial charge in [-0.25, -0.2) is 4.68 Å². The number of nitrogens with zero attached hydrogens (tertiary/aromatic N) is 3. The number of Topliss-reactive ketones (excluding diaryl/α,β-unsaturated/α-hetero) is 1. The summed E-state index contributed by atoms with van der Waals surface area (Å²) in [6, 6.07) is 11.1. The van der Waals surface area contributed by atoms with Gasteiger partial charge in [0.1, 0.15) is 6.07 Å². The molecule has 1 aromatic carbocycles. The summed E-state index contributed by atoms with van der Waals surface area (Å²) in [5.41, 5.74) is 1.40. The molecular formula is C22H21N3O2. The van der Waals surface area contributed by atoms with E-state index in [9.17, 15) is 14.9 Å². The number of fused-ring (bicyclic) bond motifs is 3. The van der Waals surface area contributed by atoms with Crippen molar-refractivity contribution in [2.45, 2.75) is 39.0 Å². The Morgan fingerprint density at radius 1 is 1.26 bits per heavy atom. The number of aryl methyl sites for hydroxylation is 1. The zero-order valence-corrected chi connectivity index (χ0v) is 15.7. The van der Waals surface area contributed by atoms with E-state index in [1.165, 1.54) is 4.68 Å². The number of hydrogen-bond acceptors (Lipinski definition) is 4. The summed E-state index contributed by atoms with van der Waals surface area (Å²) < 4.78 is 1.40. The van der Waals surface area contributed by atoms with Gasteiger partial charge in [-0.05, 0) is 36.5 Å². The molecule has 5 heteroatoms. The highest BCUT2D eigenvalue weighted by atomic mass is 16.2. The van der Waals surface area contributed by atoms with Crippen LogP contribution in [0.4, 0.5) is 0 Å². The molecule has 4 rings (SSSR count). The SMILES string of the molecule is CC1(C)C(=O)C(C#N)=C[C@]2(C)c3nn(C(=O)c4ccccc4)cc3CCC12. The van der Waals surface area contributed by atoms with E-state index < -0.39 is 10.8 Å². The Labute approximate surface area is 158 Å². The molecular weight excluding hydrogens is 338 g/mol. The lowest BCUT2D eigenvalue weighted by molar-refractivity contribution is -0.128. The molecule has 27 heavy (non-hydrogen) atoms. The zero-order valence-electron chi connectivity index (χ0n) is 15.7. The van der Waals surface area contributed by atoms with E-state index in [-0.39, 0.29) is 23.2 Å². The predicted octanol–water partition coefficient (Wildman–Crippen LogP) is 3.45. The van der Waals surface area contributed by atoms with Gasteiger partial charge in [-0.2, -0.15) is 10.4 Å². The molecule has 0 saturated heterocycles. The molecule has 0 N–H and O–H groups in total. The van der Waals surface area contributed by atoms with Crippen LogP contribution in [0.5, 0.6) is 0 Å². The van der Waals surface area contributed by atoms with Crippen molar-refractivity contribution in [1.82, 2.24) is 9.78 Å². The molecule has 2 aliphatic rings. The van der Waals surface area contributed by atoms with Gasteiger partial charge < -0.3 is 0 Å². The predicted molar refractivity (Wildman–Crippen MR) is 100 cm³/mol. The monoisotopic (exact) mass is 359 g/mol. The van der Waals surface area contributed by atoms with Crippen LogP contribution in [0.2, 0.25) is 0 Å².